The highest BCUT2D eigenvalue weighted by Gasteiger charge is 2.48. The van der Waals surface area contributed by atoms with Gasteiger partial charge in [-0.25, -0.2) is 9.59 Å². The van der Waals surface area contributed by atoms with Crippen LogP contribution in [0.2, 0.25) is 5.02 Å². The molecule has 298 valence electrons. The number of rotatable bonds is 11. The normalized spacial score (nSPS) is 24.8. The zero-order valence-electron chi connectivity index (χ0n) is 30.8. The number of ether oxygens (including phenoxy) is 1. The van der Waals surface area contributed by atoms with E-state index in [1.165, 1.54) is 52.1 Å². The first-order valence-corrected chi connectivity index (χ1v) is 17.3. The molecule has 2 aliphatic rings. The van der Waals surface area contributed by atoms with Gasteiger partial charge < -0.3 is 62.1 Å². The summed E-state index contributed by atoms with van der Waals surface area (Å²) in [5.41, 5.74) is -3.23. The van der Waals surface area contributed by atoms with Crippen LogP contribution in [0.1, 0.15) is 59.1 Å². The number of carboxylic acids is 2. The molecule has 55 heavy (non-hydrogen) atoms. The number of carboxylic acid groups (broad SMARTS) is 2. The first kappa shape index (κ1) is 43.6. The van der Waals surface area contributed by atoms with E-state index in [0.29, 0.717) is 0 Å². The van der Waals surface area contributed by atoms with Crippen molar-refractivity contribution in [2.24, 2.45) is 0 Å². The Morgan fingerprint density at radius 1 is 1.09 bits per heavy atom. The second-order valence-electron chi connectivity index (χ2n) is 12.9. The van der Waals surface area contributed by atoms with Crippen molar-refractivity contribution in [3.8, 4) is 11.5 Å². The average Bonchev–Trinajstić information content (AvgIpc) is 3.62. The maximum atomic E-state index is 14.6. The van der Waals surface area contributed by atoms with Crippen molar-refractivity contribution < 1.29 is 58.7 Å². The van der Waals surface area contributed by atoms with Gasteiger partial charge in [0.1, 0.15) is 47.3 Å². The van der Waals surface area contributed by atoms with Crippen molar-refractivity contribution in [2.75, 3.05) is 13.6 Å². The number of aliphatic hydroxyl groups is 1. The number of aliphatic hydroxyl groups excluding tert-OH is 1. The molecule has 5 amide bonds. The van der Waals surface area contributed by atoms with Gasteiger partial charge >= 0.3 is 11.9 Å². The lowest BCUT2D eigenvalue weighted by Gasteiger charge is -2.40. The molecule has 6 atom stereocenters. The molecule has 0 radical (unpaired) electrons. The highest BCUT2D eigenvalue weighted by molar-refractivity contribution is 6.32. The van der Waals surface area contributed by atoms with Crippen molar-refractivity contribution in [3.05, 3.63) is 57.9 Å². The smallest absolute Gasteiger partial charge is 0.352 e. The molecule has 1 aromatic rings. The van der Waals surface area contributed by atoms with E-state index in [9.17, 15) is 48.9 Å². The Morgan fingerprint density at radius 3 is 2.29 bits per heavy atom. The van der Waals surface area contributed by atoms with Crippen molar-refractivity contribution in [2.45, 2.75) is 83.3 Å². The van der Waals surface area contributed by atoms with E-state index in [-0.39, 0.29) is 53.1 Å². The molecule has 2 heterocycles. The highest BCUT2D eigenvalue weighted by Crippen LogP contribution is 2.41. The lowest BCUT2D eigenvalue weighted by atomic mass is 9.90. The van der Waals surface area contributed by atoms with Crippen molar-refractivity contribution in [1.29, 1.82) is 5.41 Å². The number of fused-ring (bicyclic) bond motifs is 2. The number of aliphatic carboxylic acids is 2. The van der Waals surface area contributed by atoms with E-state index in [0.717, 1.165) is 4.90 Å². The van der Waals surface area contributed by atoms with Crippen LogP contribution in [-0.4, -0.2) is 116 Å². The lowest BCUT2D eigenvalue weighted by molar-refractivity contribution is -0.146. The number of phenols is 1. The van der Waals surface area contributed by atoms with Gasteiger partial charge in [-0.15, -0.1) is 0 Å². The fourth-order valence-electron chi connectivity index (χ4n) is 5.69. The summed E-state index contributed by atoms with van der Waals surface area (Å²) in [6, 6.07) is -3.78. The molecule has 0 aliphatic carbocycles. The fraction of sp³-hybridized carbons (Fsp3) is 0.429. The van der Waals surface area contributed by atoms with Crippen LogP contribution in [0.3, 0.4) is 0 Å². The number of aromatic hydroxyl groups is 1. The van der Waals surface area contributed by atoms with Crippen LogP contribution in [0.4, 0.5) is 0 Å². The van der Waals surface area contributed by atoms with Crippen molar-refractivity contribution in [3.63, 3.8) is 0 Å². The van der Waals surface area contributed by atoms with Gasteiger partial charge in [0.2, 0.25) is 11.8 Å². The molecular weight excluding hydrogens is 746 g/mol. The minimum atomic E-state index is -1.77. The molecule has 19 nitrogen and oxygen atoms in total. The van der Waals surface area contributed by atoms with E-state index in [4.69, 9.17) is 26.9 Å². The Labute approximate surface area is 320 Å². The Bertz CT molecular complexity index is 1880. The third-order valence-corrected chi connectivity index (χ3v) is 9.45. The maximum Gasteiger partial charge on any atom is 0.352 e. The van der Waals surface area contributed by atoms with Crippen LogP contribution in [0.15, 0.2) is 47.3 Å². The van der Waals surface area contributed by atoms with Crippen LogP contribution in [0, 0.1) is 5.41 Å². The Hall–Kier alpha value is -5.79. The predicted octanol–water partition coefficient (Wildman–Crippen LogP) is -0.0261. The van der Waals surface area contributed by atoms with E-state index >= 15 is 0 Å². The number of amides is 5. The van der Waals surface area contributed by atoms with E-state index in [1.807, 2.05) is 5.32 Å². The maximum absolute atomic E-state index is 14.6. The summed E-state index contributed by atoms with van der Waals surface area (Å²) in [6.45, 7) is 7.16. The van der Waals surface area contributed by atoms with Crippen LogP contribution in [0.25, 0.3) is 0 Å². The number of halogens is 1. The number of benzene rings is 1. The molecule has 0 unspecified atom stereocenters. The first-order chi connectivity index (χ1) is 25.7. The zero-order valence-corrected chi connectivity index (χ0v) is 31.5. The molecule has 0 spiro atoms. The zero-order chi connectivity index (χ0) is 41.5. The van der Waals surface area contributed by atoms with Gasteiger partial charge in [0.05, 0.1) is 11.1 Å². The third-order valence-electron chi connectivity index (χ3n) is 9.16. The Kier molecular flexibility index (Phi) is 14.3. The average molecular weight is 790 g/mol. The lowest BCUT2D eigenvalue weighted by Crippen LogP contribution is -2.66. The number of nitrogens with zero attached hydrogens (tertiary/aromatic N) is 1. The summed E-state index contributed by atoms with van der Waals surface area (Å²) in [5, 5.41) is 60.5. The number of allylic oxidation sites excluding steroid dienone is 1. The summed E-state index contributed by atoms with van der Waals surface area (Å²) >= 11 is 6.31. The summed E-state index contributed by atoms with van der Waals surface area (Å²) < 4.78 is 6.26. The summed E-state index contributed by atoms with van der Waals surface area (Å²) in [4.78, 5) is 92.6. The summed E-state index contributed by atoms with van der Waals surface area (Å²) in [6.07, 6.45) is 1.58. The SMILES string of the molecule is CC/C(C)=C(/NC(=O)[C@@H]1C=CCN1C(=O)[C@H]1NC(=O)[C@H](C(C)=N)NC(=O)[C@@H](NC)[C@@H](O)c2cc(Cl)c(O)c(c2)O[C@]1(C)CC)C(=O)N/C(=C/C(=O)O)C(=O)O. The molecule has 1 aromatic carbocycles. The number of carbonyl (C=O) groups excluding carboxylic acids is 5. The van der Waals surface area contributed by atoms with Crippen molar-refractivity contribution in [1.82, 2.24) is 31.5 Å². The highest BCUT2D eigenvalue weighted by atomic mass is 35.5. The predicted molar refractivity (Wildman–Crippen MR) is 195 cm³/mol. The van der Waals surface area contributed by atoms with Gasteiger partial charge in [0.25, 0.3) is 17.7 Å². The topological polar surface area (TPSA) is 297 Å². The van der Waals surface area contributed by atoms with Crippen LogP contribution in [-0.2, 0) is 33.6 Å². The van der Waals surface area contributed by atoms with E-state index < -0.39 is 94.5 Å². The summed E-state index contributed by atoms with van der Waals surface area (Å²) in [7, 11) is 1.37. The molecule has 20 heteroatoms. The van der Waals surface area contributed by atoms with Gasteiger partial charge in [-0.2, -0.15) is 0 Å². The number of nitrogens with one attached hydrogen (secondary N) is 6. The van der Waals surface area contributed by atoms with Gasteiger partial charge in [-0.1, -0.05) is 37.6 Å². The minimum absolute atomic E-state index is 0.0139. The van der Waals surface area contributed by atoms with E-state index in [1.54, 1.807) is 13.8 Å². The van der Waals surface area contributed by atoms with Crippen LogP contribution in [0.5, 0.6) is 11.5 Å². The third kappa shape index (κ3) is 9.85. The van der Waals surface area contributed by atoms with Gasteiger partial charge in [-0.3, -0.25) is 24.0 Å². The van der Waals surface area contributed by atoms with Crippen molar-refractivity contribution >= 4 is 58.8 Å². The number of hydrogen-bond acceptors (Lipinski definition) is 12. The van der Waals surface area contributed by atoms with Gasteiger partial charge in [0, 0.05) is 12.3 Å². The summed E-state index contributed by atoms with van der Waals surface area (Å²) in [5.74, 6) is -9.28. The molecule has 3 rings (SSSR count). The molecule has 0 saturated heterocycles. The largest absolute Gasteiger partial charge is 0.503 e. The quantitative estimate of drug-likeness (QED) is 0.0802. The molecule has 10 N–H and O–H groups in total. The second kappa shape index (κ2) is 18.0. The number of likely N-dealkylation sites (N-methyl/N-ethyl adjacent to an activating group) is 1. The Balaban J connectivity index is 2.11. The first-order valence-electron chi connectivity index (χ1n) is 16.9. The molecule has 0 fully saturated rings. The Morgan fingerprint density at radius 2 is 1.75 bits per heavy atom. The van der Waals surface area contributed by atoms with E-state index in [2.05, 4.69) is 21.3 Å². The van der Waals surface area contributed by atoms with Gasteiger partial charge in [-0.05, 0) is 63.9 Å². The molecular formula is C35H44ClN7O12. The number of phenolic OH excluding ortho intramolecular Hbond substituents is 1. The minimum Gasteiger partial charge on any atom is -0.503 e. The molecule has 2 bridgehead atoms. The standard InChI is InChI=1S/C35H44ClN7O12/c1-7-15(3)23(30(49)39-19(34(53)54)14-22(44)45)40-29(48)20-10-9-11-43(20)33(52)28-35(5,8-2)55-21-13-17(12-18(36)27(21)47)26(46)25(38-6)32(51)41-24(16(4)37)31(50)42-28/h9-10,12-14,20,24-26,28,37-38,46-47H,7-8,11H2,1-6H3,(H,39,49)(H,40,48)(H,41,51)(H,42,50)(H,44,45)(H,53,54)/b19-14+,23-15+,37-16?/t20-,24-,25-,26-,28+,35+/m0/s1. The fourth-order valence-corrected chi connectivity index (χ4v) is 5.91. The van der Waals surface area contributed by atoms with Crippen LogP contribution < -0.4 is 31.3 Å². The number of carbonyl (C=O) groups is 7. The molecule has 2 aliphatic heterocycles. The molecule has 0 saturated carbocycles. The molecule has 0 aromatic heterocycles. The van der Waals surface area contributed by atoms with Crippen LogP contribution >= 0.6 is 11.6 Å². The second-order valence-corrected chi connectivity index (χ2v) is 13.3. The van der Waals surface area contributed by atoms with Gasteiger partial charge in [0.15, 0.2) is 11.5 Å². The number of hydrogen-bond donors (Lipinski definition) is 10. The monoisotopic (exact) mass is 789 g/mol.